The Hall–Kier alpha value is -1.81. The lowest BCUT2D eigenvalue weighted by Crippen LogP contribution is -2.12. The van der Waals surface area contributed by atoms with Crippen molar-refractivity contribution in [3.05, 3.63) is 40.8 Å². The summed E-state index contributed by atoms with van der Waals surface area (Å²) in [6.07, 6.45) is 0.762. The van der Waals surface area contributed by atoms with E-state index < -0.39 is 5.97 Å². The van der Waals surface area contributed by atoms with Gasteiger partial charge < -0.3 is 9.84 Å². The smallest absolute Gasteiger partial charge is 0.303 e. The quantitative estimate of drug-likeness (QED) is 0.866. The monoisotopic (exact) mass is 318 g/mol. The highest BCUT2D eigenvalue weighted by molar-refractivity contribution is 7.15. The Bertz CT molecular complexity index is 665. The Balaban J connectivity index is 2.31. The second-order valence-corrected chi connectivity index (χ2v) is 7.49. The molecule has 0 radical (unpaired) electrons. The Morgan fingerprint density at radius 3 is 2.55 bits per heavy atom. The van der Waals surface area contributed by atoms with Crippen molar-refractivity contribution < 1.29 is 14.6 Å². The molecule has 0 saturated heterocycles. The maximum atomic E-state index is 10.7. The summed E-state index contributed by atoms with van der Waals surface area (Å²) in [6, 6.07) is 10.3. The lowest BCUT2D eigenvalue weighted by Gasteiger charge is -2.22. The van der Waals surface area contributed by atoms with E-state index in [0.29, 0.717) is 6.42 Å². The van der Waals surface area contributed by atoms with Crippen LogP contribution in [-0.2, 0) is 16.6 Å². The van der Waals surface area contributed by atoms with Crippen LogP contribution >= 0.6 is 11.3 Å². The number of thiophene rings is 1. The molecular formula is C18H22O3S. The van der Waals surface area contributed by atoms with Gasteiger partial charge in [0.05, 0.1) is 13.5 Å². The van der Waals surface area contributed by atoms with Gasteiger partial charge in [-0.25, -0.2) is 0 Å². The van der Waals surface area contributed by atoms with E-state index in [2.05, 4.69) is 39.0 Å². The number of aryl methyl sites for hydroxylation is 1. The maximum Gasteiger partial charge on any atom is 0.303 e. The van der Waals surface area contributed by atoms with Crippen molar-refractivity contribution in [2.45, 2.75) is 39.0 Å². The lowest BCUT2D eigenvalue weighted by atomic mass is 9.85. The Kier molecular flexibility index (Phi) is 4.91. The molecule has 2 rings (SSSR count). The lowest BCUT2D eigenvalue weighted by molar-refractivity contribution is -0.136. The molecule has 0 bridgehead atoms. The van der Waals surface area contributed by atoms with Crippen LogP contribution in [0.4, 0.5) is 0 Å². The predicted octanol–water partition coefficient (Wildman–Crippen LogP) is 4.74. The zero-order valence-corrected chi connectivity index (χ0v) is 14.3. The van der Waals surface area contributed by atoms with Crippen LogP contribution in [0.5, 0.6) is 5.75 Å². The number of methoxy groups -OCH3 is 1. The second kappa shape index (κ2) is 6.53. The molecule has 4 heteroatoms. The van der Waals surface area contributed by atoms with E-state index in [4.69, 9.17) is 9.84 Å². The van der Waals surface area contributed by atoms with E-state index in [1.165, 1.54) is 5.56 Å². The second-order valence-electron chi connectivity index (χ2n) is 6.32. The number of carbonyl (C=O) groups is 1. The molecule has 0 aliphatic carbocycles. The Morgan fingerprint density at radius 2 is 1.95 bits per heavy atom. The van der Waals surface area contributed by atoms with E-state index in [-0.39, 0.29) is 11.8 Å². The molecule has 0 saturated carbocycles. The summed E-state index contributed by atoms with van der Waals surface area (Å²) in [5, 5.41) is 8.77. The zero-order valence-electron chi connectivity index (χ0n) is 13.5. The molecule has 0 unspecified atom stereocenters. The van der Waals surface area contributed by atoms with Crippen molar-refractivity contribution in [3.8, 4) is 16.2 Å². The molecule has 0 aliphatic rings. The molecule has 1 N–H and O–H groups in total. The summed E-state index contributed by atoms with van der Waals surface area (Å²) >= 11 is 1.66. The Labute approximate surface area is 135 Å². The van der Waals surface area contributed by atoms with Gasteiger partial charge in [-0.05, 0) is 47.7 Å². The SMILES string of the molecule is COc1ccc(-c2ccc(CCC(=O)O)s2)cc1C(C)(C)C. The number of carboxylic acid groups (broad SMARTS) is 1. The summed E-state index contributed by atoms with van der Waals surface area (Å²) in [5.41, 5.74) is 2.33. The fourth-order valence-electron chi connectivity index (χ4n) is 2.34. The first kappa shape index (κ1) is 16.6. The minimum Gasteiger partial charge on any atom is -0.496 e. The van der Waals surface area contributed by atoms with Crippen LogP contribution in [0, 0.1) is 0 Å². The normalized spacial score (nSPS) is 11.5. The predicted molar refractivity (Wildman–Crippen MR) is 91.0 cm³/mol. The Morgan fingerprint density at radius 1 is 1.23 bits per heavy atom. The van der Waals surface area contributed by atoms with Crippen LogP contribution in [0.3, 0.4) is 0 Å². The summed E-state index contributed by atoms with van der Waals surface area (Å²) in [7, 11) is 1.69. The summed E-state index contributed by atoms with van der Waals surface area (Å²) in [5.74, 6) is 0.147. The van der Waals surface area contributed by atoms with Crippen molar-refractivity contribution in [3.63, 3.8) is 0 Å². The molecule has 2 aromatic rings. The van der Waals surface area contributed by atoms with Crippen LogP contribution < -0.4 is 4.74 Å². The summed E-state index contributed by atoms with van der Waals surface area (Å²) < 4.78 is 5.47. The number of hydrogen-bond acceptors (Lipinski definition) is 3. The van der Waals surface area contributed by atoms with E-state index in [1.807, 2.05) is 12.1 Å². The molecule has 0 fully saturated rings. The van der Waals surface area contributed by atoms with Gasteiger partial charge >= 0.3 is 5.97 Å². The molecule has 0 atom stereocenters. The largest absolute Gasteiger partial charge is 0.496 e. The number of aliphatic carboxylic acids is 1. The third kappa shape index (κ3) is 3.89. The number of ether oxygens (including phenoxy) is 1. The number of carboxylic acids is 1. The molecule has 0 amide bonds. The number of benzene rings is 1. The fraction of sp³-hybridized carbons (Fsp3) is 0.389. The van der Waals surface area contributed by atoms with Gasteiger partial charge in [-0.1, -0.05) is 20.8 Å². The zero-order chi connectivity index (χ0) is 16.3. The van der Waals surface area contributed by atoms with Gasteiger partial charge in [0.15, 0.2) is 0 Å². The summed E-state index contributed by atoms with van der Waals surface area (Å²) in [6.45, 7) is 6.50. The third-order valence-electron chi connectivity index (χ3n) is 3.54. The van der Waals surface area contributed by atoms with Gasteiger partial charge in [0.2, 0.25) is 0 Å². The number of hydrogen-bond donors (Lipinski definition) is 1. The molecular weight excluding hydrogens is 296 g/mol. The molecule has 22 heavy (non-hydrogen) atoms. The van der Waals surface area contributed by atoms with Gasteiger partial charge in [0.1, 0.15) is 5.75 Å². The van der Waals surface area contributed by atoms with Gasteiger partial charge in [0.25, 0.3) is 0 Å². The highest BCUT2D eigenvalue weighted by Gasteiger charge is 2.19. The molecule has 3 nitrogen and oxygen atoms in total. The minimum atomic E-state index is -0.755. The van der Waals surface area contributed by atoms with Gasteiger partial charge in [-0.3, -0.25) is 4.79 Å². The fourth-order valence-corrected chi connectivity index (χ4v) is 3.35. The van der Waals surface area contributed by atoms with Crippen LogP contribution in [0.1, 0.15) is 37.6 Å². The molecule has 1 aromatic carbocycles. The van der Waals surface area contributed by atoms with Gasteiger partial charge in [-0.15, -0.1) is 11.3 Å². The molecule has 1 aromatic heterocycles. The summed E-state index contributed by atoms with van der Waals surface area (Å²) in [4.78, 5) is 12.9. The van der Waals surface area contributed by atoms with Crippen molar-refractivity contribution in [2.75, 3.05) is 7.11 Å². The van der Waals surface area contributed by atoms with Gasteiger partial charge in [-0.2, -0.15) is 0 Å². The van der Waals surface area contributed by atoms with Crippen LogP contribution in [0.15, 0.2) is 30.3 Å². The van der Waals surface area contributed by atoms with Crippen molar-refractivity contribution in [2.24, 2.45) is 0 Å². The molecule has 0 aliphatic heterocycles. The molecule has 118 valence electrons. The average molecular weight is 318 g/mol. The molecule has 1 heterocycles. The highest BCUT2D eigenvalue weighted by Crippen LogP contribution is 2.37. The third-order valence-corrected chi connectivity index (χ3v) is 4.73. The van der Waals surface area contributed by atoms with Crippen LogP contribution in [0.2, 0.25) is 0 Å². The van der Waals surface area contributed by atoms with E-state index in [9.17, 15) is 4.79 Å². The topological polar surface area (TPSA) is 46.5 Å². The van der Waals surface area contributed by atoms with E-state index >= 15 is 0 Å². The van der Waals surface area contributed by atoms with Crippen molar-refractivity contribution in [1.82, 2.24) is 0 Å². The maximum absolute atomic E-state index is 10.7. The first-order valence-corrected chi connectivity index (χ1v) is 8.12. The van der Waals surface area contributed by atoms with Crippen LogP contribution in [0.25, 0.3) is 10.4 Å². The van der Waals surface area contributed by atoms with Gasteiger partial charge in [0, 0.05) is 15.3 Å². The first-order chi connectivity index (χ1) is 10.3. The first-order valence-electron chi connectivity index (χ1n) is 7.30. The number of rotatable bonds is 5. The average Bonchev–Trinajstić information content (AvgIpc) is 2.92. The van der Waals surface area contributed by atoms with E-state index in [0.717, 1.165) is 21.1 Å². The van der Waals surface area contributed by atoms with Crippen LogP contribution in [-0.4, -0.2) is 18.2 Å². The molecule has 0 spiro atoms. The van der Waals surface area contributed by atoms with Crippen molar-refractivity contribution in [1.29, 1.82) is 0 Å². The van der Waals surface area contributed by atoms with Crippen molar-refractivity contribution >= 4 is 17.3 Å². The highest BCUT2D eigenvalue weighted by atomic mass is 32.1. The van der Waals surface area contributed by atoms with E-state index in [1.54, 1.807) is 18.4 Å². The standard InChI is InChI=1S/C18H22O3S/c1-18(2,3)14-11-12(5-8-15(14)21-4)16-9-6-13(22-16)7-10-17(19)20/h5-6,8-9,11H,7,10H2,1-4H3,(H,19,20). The minimum absolute atomic E-state index is 0.00471.